The van der Waals surface area contributed by atoms with Gasteiger partial charge in [0.25, 0.3) is 0 Å². The summed E-state index contributed by atoms with van der Waals surface area (Å²) >= 11 is 0. The lowest BCUT2D eigenvalue weighted by Crippen LogP contribution is -2.46. The van der Waals surface area contributed by atoms with Crippen molar-refractivity contribution in [3.63, 3.8) is 0 Å². The molecule has 0 spiro atoms. The highest BCUT2D eigenvalue weighted by atomic mass is 16.5. The molecule has 0 saturated carbocycles. The summed E-state index contributed by atoms with van der Waals surface area (Å²) in [5, 5.41) is 10.0. The lowest BCUT2D eigenvalue weighted by atomic mass is 9.74. The van der Waals surface area contributed by atoms with Gasteiger partial charge in [0.2, 0.25) is 5.43 Å². The van der Waals surface area contributed by atoms with Crippen LogP contribution in [0.4, 0.5) is 0 Å². The summed E-state index contributed by atoms with van der Waals surface area (Å²) in [5.41, 5.74) is 2.43. The highest BCUT2D eigenvalue weighted by Crippen LogP contribution is 2.53. The molecule has 3 atom stereocenters. The van der Waals surface area contributed by atoms with Crippen molar-refractivity contribution in [3.05, 3.63) is 57.3 Å². The number of allylic oxidation sites excluding steroid dienone is 3. The van der Waals surface area contributed by atoms with Crippen LogP contribution in [0.1, 0.15) is 70.6 Å². The maximum absolute atomic E-state index is 12.2. The third kappa shape index (κ3) is 3.39. The van der Waals surface area contributed by atoms with Crippen molar-refractivity contribution in [1.29, 1.82) is 0 Å². The van der Waals surface area contributed by atoms with E-state index in [4.69, 9.17) is 9.47 Å². The molecule has 4 nitrogen and oxygen atoms in total. The smallest absolute Gasteiger partial charge is 0.223 e. The van der Waals surface area contributed by atoms with E-state index < -0.39 is 11.0 Å². The van der Waals surface area contributed by atoms with Crippen molar-refractivity contribution in [3.8, 4) is 11.5 Å². The van der Waals surface area contributed by atoms with E-state index in [-0.39, 0.29) is 23.2 Å². The second-order valence-corrected chi connectivity index (χ2v) is 9.48. The van der Waals surface area contributed by atoms with Crippen molar-refractivity contribution in [2.24, 2.45) is 11.3 Å². The standard InChI is InChI=1S/C24H30O4/c1-15-6-7-17-22-21-16(14-27-22)12-18(25)19(26)13-20(21)28-24(17,4)10-5-9-23(2,3)11-8-15/h5,8-9,12-13,17,22H,6-7,10-11,14H2,1-4H3,(H,25,26)/b9-5+,15-8+/t17-,22-,24+/m0/s1. The molecule has 0 radical (unpaired) electrons. The summed E-state index contributed by atoms with van der Waals surface area (Å²) in [4.78, 5) is 12.2. The SMILES string of the molecule is C/C1=C\CC(C)(C)/C=C/C[C@@]2(C)Oc3cc(=O)c(O)cc4c3[C@@H](OC4)[C@@H]2CC1. The largest absolute Gasteiger partial charge is 0.504 e. The van der Waals surface area contributed by atoms with E-state index in [0.29, 0.717) is 12.4 Å². The quantitative estimate of drug-likeness (QED) is 0.627. The van der Waals surface area contributed by atoms with Gasteiger partial charge in [0.05, 0.1) is 12.7 Å². The van der Waals surface area contributed by atoms with Crippen LogP contribution in [0, 0.1) is 11.3 Å². The van der Waals surface area contributed by atoms with Crippen LogP contribution < -0.4 is 10.2 Å². The minimum Gasteiger partial charge on any atom is -0.504 e. The first-order valence-electron chi connectivity index (χ1n) is 10.2. The molecular formula is C24H30O4. The Morgan fingerprint density at radius 3 is 2.75 bits per heavy atom. The number of hydrogen-bond donors (Lipinski definition) is 1. The van der Waals surface area contributed by atoms with Crippen LogP contribution in [-0.2, 0) is 11.3 Å². The maximum Gasteiger partial charge on any atom is 0.223 e. The van der Waals surface area contributed by atoms with Gasteiger partial charge >= 0.3 is 0 Å². The van der Waals surface area contributed by atoms with E-state index >= 15 is 0 Å². The molecule has 0 fully saturated rings. The second-order valence-electron chi connectivity index (χ2n) is 9.48. The van der Waals surface area contributed by atoms with Gasteiger partial charge in [-0.25, -0.2) is 0 Å². The Kier molecular flexibility index (Phi) is 4.65. The van der Waals surface area contributed by atoms with E-state index in [1.807, 2.05) is 0 Å². The Labute approximate surface area is 166 Å². The number of ether oxygens (including phenoxy) is 2. The average Bonchev–Trinajstić information content (AvgIpc) is 2.96. The lowest BCUT2D eigenvalue weighted by Gasteiger charge is -2.45. The summed E-state index contributed by atoms with van der Waals surface area (Å²) in [7, 11) is 0. The molecule has 1 aromatic rings. The Hall–Kier alpha value is -2.07. The molecule has 4 heteroatoms. The van der Waals surface area contributed by atoms with E-state index in [1.165, 1.54) is 11.6 Å². The van der Waals surface area contributed by atoms with Gasteiger partial charge in [0, 0.05) is 24.0 Å². The molecule has 0 bridgehead atoms. The minimum absolute atomic E-state index is 0.0987. The van der Waals surface area contributed by atoms with Crippen LogP contribution in [0.15, 0.2) is 40.7 Å². The average molecular weight is 383 g/mol. The van der Waals surface area contributed by atoms with E-state index in [1.54, 1.807) is 6.07 Å². The molecular weight excluding hydrogens is 352 g/mol. The molecule has 1 aromatic carbocycles. The molecule has 150 valence electrons. The monoisotopic (exact) mass is 382 g/mol. The number of aromatic hydroxyl groups is 1. The first kappa shape index (κ1) is 19.3. The molecule has 2 aliphatic heterocycles. The van der Waals surface area contributed by atoms with Gasteiger partial charge in [-0.15, -0.1) is 0 Å². The molecule has 4 rings (SSSR count). The van der Waals surface area contributed by atoms with Crippen molar-refractivity contribution < 1.29 is 14.6 Å². The van der Waals surface area contributed by atoms with Crippen molar-refractivity contribution in [1.82, 2.24) is 0 Å². The molecule has 0 amide bonds. The predicted octanol–water partition coefficient (Wildman–Crippen LogP) is 5.19. The van der Waals surface area contributed by atoms with E-state index in [0.717, 1.165) is 36.8 Å². The molecule has 0 aromatic heterocycles. The third-order valence-corrected chi connectivity index (χ3v) is 6.55. The van der Waals surface area contributed by atoms with Gasteiger partial charge in [0.1, 0.15) is 11.4 Å². The van der Waals surface area contributed by atoms with Crippen LogP contribution >= 0.6 is 0 Å². The second kappa shape index (κ2) is 6.77. The maximum atomic E-state index is 12.2. The van der Waals surface area contributed by atoms with E-state index in [9.17, 15) is 9.90 Å². The van der Waals surface area contributed by atoms with Gasteiger partial charge in [0.15, 0.2) is 5.75 Å². The molecule has 1 aliphatic carbocycles. The lowest BCUT2D eigenvalue weighted by molar-refractivity contribution is -0.0879. The Morgan fingerprint density at radius 1 is 1.18 bits per heavy atom. The molecule has 1 N–H and O–H groups in total. The van der Waals surface area contributed by atoms with Crippen molar-refractivity contribution in [2.75, 3.05) is 0 Å². The van der Waals surface area contributed by atoms with Crippen LogP contribution in [0.25, 0.3) is 0 Å². The highest BCUT2D eigenvalue weighted by Gasteiger charge is 2.49. The van der Waals surface area contributed by atoms with Gasteiger partial charge in [-0.1, -0.05) is 37.6 Å². The normalized spacial score (nSPS) is 34.1. The Balaban J connectivity index is 1.82. The zero-order valence-corrected chi connectivity index (χ0v) is 17.2. The fourth-order valence-corrected chi connectivity index (χ4v) is 4.75. The first-order chi connectivity index (χ1) is 13.2. The summed E-state index contributed by atoms with van der Waals surface area (Å²) in [5.74, 6) is 0.497. The highest BCUT2D eigenvalue weighted by molar-refractivity contribution is 5.48. The summed E-state index contributed by atoms with van der Waals surface area (Å²) in [6.07, 6.45) is 10.5. The number of hydrogen-bond acceptors (Lipinski definition) is 4. The first-order valence-corrected chi connectivity index (χ1v) is 10.2. The molecule has 2 heterocycles. The zero-order valence-electron chi connectivity index (χ0n) is 17.2. The predicted molar refractivity (Wildman–Crippen MR) is 110 cm³/mol. The molecule has 3 aliphatic rings. The minimum atomic E-state index is -0.465. The van der Waals surface area contributed by atoms with Crippen molar-refractivity contribution >= 4 is 0 Å². The van der Waals surface area contributed by atoms with Gasteiger partial charge < -0.3 is 14.6 Å². The third-order valence-electron chi connectivity index (χ3n) is 6.55. The fourth-order valence-electron chi connectivity index (χ4n) is 4.75. The Morgan fingerprint density at radius 2 is 1.96 bits per heavy atom. The van der Waals surface area contributed by atoms with Gasteiger partial charge in [-0.3, -0.25) is 4.79 Å². The van der Waals surface area contributed by atoms with E-state index in [2.05, 4.69) is 45.9 Å². The fraction of sp³-hybridized carbons (Fsp3) is 0.542. The zero-order chi connectivity index (χ0) is 20.1. The number of rotatable bonds is 0. The molecule has 28 heavy (non-hydrogen) atoms. The van der Waals surface area contributed by atoms with Gasteiger partial charge in [-0.2, -0.15) is 0 Å². The topological polar surface area (TPSA) is 55.8 Å². The van der Waals surface area contributed by atoms with Crippen LogP contribution in [-0.4, -0.2) is 10.7 Å². The summed E-state index contributed by atoms with van der Waals surface area (Å²) in [6, 6.07) is 2.98. The Bertz CT molecular complexity index is 911. The van der Waals surface area contributed by atoms with Crippen LogP contribution in [0.3, 0.4) is 0 Å². The summed E-state index contributed by atoms with van der Waals surface area (Å²) in [6.45, 7) is 9.24. The molecule has 0 saturated heterocycles. The summed E-state index contributed by atoms with van der Waals surface area (Å²) < 4.78 is 12.7. The van der Waals surface area contributed by atoms with Crippen molar-refractivity contribution in [2.45, 2.75) is 71.7 Å². The number of fused-ring (bicyclic) bond motifs is 2. The molecule has 0 unspecified atom stereocenters. The van der Waals surface area contributed by atoms with Crippen LogP contribution in [0.2, 0.25) is 0 Å². The van der Waals surface area contributed by atoms with Crippen LogP contribution in [0.5, 0.6) is 11.5 Å². The van der Waals surface area contributed by atoms with Gasteiger partial charge in [-0.05, 0) is 50.2 Å².